The number of benzene rings is 2. The van der Waals surface area contributed by atoms with Crippen LogP contribution in [0.4, 0.5) is 5.82 Å². The zero-order chi connectivity index (χ0) is 18.5. The van der Waals surface area contributed by atoms with Crippen LogP contribution in [-0.4, -0.2) is 25.5 Å². The molecule has 0 aliphatic heterocycles. The first kappa shape index (κ1) is 16.8. The minimum Gasteiger partial charge on any atom is -0.305 e. The molecule has 27 heavy (non-hydrogen) atoms. The van der Waals surface area contributed by atoms with Gasteiger partial charge in [0, 0.05) is 30.2 Å². The van der Waals surface area contributed by atoms with Gasteiger partial charge in [-0.3, -0.25) is 14.2 Å². The molecular formula is C21H19N5O. The van der Waals surface area contributed by atoms with Crippen LogP contribution in [-0.2, 0) is 13.1 Å². The normalized spacial score (nSPS) is 10.7. The SMILES string of the molecule is O=C(Nc1ccn(Cc2ccccc2)n1)c1cccc(Cn2cccn2)c1. The molecule has 4 aromatic rings. The number of aromatic nitrogens is 4. The summed E-state index contributed by atoms with van der Waals surface area (Å²) in [7, 11) is 0. The minimum absolute atomic E-state index is 0.178. The van der Waals surface area contributed by atoms with Gasteiger partial charge < -0.3 is 5.32 Å². The Labute approximate surface area is 157 Å². The van der Waals surface area contributed by atoms with Crippen molar-refractivity contribution in [2.45, 2.75) is 13.1 Å². The molecule has 2 heterocycles. The maximum atomic E-state index is 12.6. The molecule has 0 unspecified atom stereocenters. The highest BCUT2D eigenvalue weighted by Crippen LogP contribution is 2.11. The Morgan fingerprint density at radius 2 is 1.67 bits per heavy atom. The summed E-state index contributed by atoms with van der Waals surface area (Å²) in [5.74, 6) is 0.357. The van der Waals surface area contributed by atoms with Crippen LogP contribution in [0.3, 0.4) is 0 Å². The van der Waals surface area contributed by atoms with Gasteiger partial charge in [0.1, 0.15) is 0 Å². The predicted octanol–water partition coefficient (Wildman–Crippen LogP) is 3.43. The van der Waals surface area contributed by atoms with E-state index < -0.39 is 0 Å². The highest BCUT2D eigenvalue weighted by molar-refractivity contribution is 6.03. The van der Waals surface area contributed by atoms with Gasteiger partial charge in [0.15, 0.2) is 5.82 Å². The van der Waals surface area contributed by atoms with E-state index in [-0.39, 0.29) is 5.91 Å². The molecule has 0 fully saturated rings. The third kappa shape index (κ3) is 4.30. The van der Waals surface area contributed by atoms with Crippen LogP contribution in [0.5, 0.6) is 0 Å². The van der Waals surface area contributed by atoms with Crippen LogP contribution < -0.4 is 5.32 Å². The van der Waals surface area contributed by atoms with Crippen molar-refractivity contribution in [3.05, 3.63) is 102 Å². The summed E-state index contributed by atoms with van der Waals surface area (Å²) in [6.45, 7) is 1.29. The number of hydrogen-bond acceptors (Lipinski definition) is 3. The average Bonchev–Trinajstić information content (AvgIpc) is 3.35. The van der Waals surface area contributed by atoms with Crippen LogP contribution >= 0.6 is 0 Å². The number of carbonyl (C=O) groups is 1. The second-order valence-electron chi connectivity index (χ2n) is 6.24. The zero-order valence-corrected chi connectivity index (χ0v) is 14.7. The zero-order valence-electron chi connectivity index (χ0n) is 14.7. The smallest absolute Gasteiger partial charge is 0.256 e. The largest absolute Gasteiger partial charge is 0.305 e. The molecule has 6 nitrogen and oxygen atoms in total. The van der Waals surface area contributed by atoms with Crippen molar-refractivity contribution in [1.29, 1.82) is 0 Å². The Morgan fingerprint density at radius 1 is 0.852 bits per heavy atom. The standard InChI is InChI=1S/C21H19N5O/c27-21(19-9-4-8-18(14-19)16-25-12-5-11-22-25)23-20-10-13-26(24-20)15-17-6-2-1-3-7-17/h1-14H,15-16H2,(H,23,24,27). The van der Waals surface area contributed by atoms with Crippen molar-refractivity contribution in [2.75, 3.05) is 5.32 Å². The van der Waals surface area contributed by atoms with Crippen molar-refractivity contribution in [3.63, 3.8) is 0 Å². The van der Waals surface area contributed by atoms with E-state index in [1.165, 1.54) is 0 Å². The summed E-state index contributed by atoms with van der Waals surface area (Å²) in [5, 5.41) is 11.5. The second-order valence-corrected chi connectivity index (χ2v) is 6.24. The number of nitrogens with zero attached hydrogens (tertiary/aromatic N) is 4. The number of anilines is 1. The Kier molecular flexibility index (Phi) is 4.78. The molecule has 0 saturated heterocycles. The molecule has 0 saturated carbocycles. The van der Waals surface area contributed by atoms with Gasteiger partial charge in [0.05, 0.1) is 13.1 Å². The number of amides is 1. The Balaban J connectivity index is 1.42. The van der Waals surface area contributed by atoms with Gasteiger partial charge in [-0.1, -0.05) is 42.5 Å². The van der Waals surface area contributed by atoms with Crippen LogP contribution in [0.2, 0.25) is 0 Å². The summed E-state index contributed by atoms with van der Waals surface area (Å²) >= 11 is 0. The molecule has 2 aromatic carbocycles. The van der Waals surface area contributed by atoms with E-state index in [9.17, 15) is 4.79 Å². The maximum Gasteiger partial charge on any atom is 0.256 e. The third-order valence-electron chi connectivity index (χ3n) is 4.16. The fraction of sp³-hybridized carbons (Fsp3) is 0.0952. The molecule has 0 atom stereocenters. The van der Waals surface area contributed by atoms with Gasteiger partial charge >= 0.3 is 0 Å². The number of hydrogen-bond donors (Lipinski definition) is 1. The van der Waals surface area contributed by atoms with Crippen molar-refractivity contribution in [3.8, 4) is 0 Å². The van der Waals surface area contributed by atoms with Crippen LogP contribution in [0.15, 0.2) is 85.3 Å². The topological polar surface area (TPSA) is 64.7 Å². The Bertz CT molecular complexity index is 1020. The van der Waals surface area contributed by atoms with Crippen molar-refractivity contribution in [2.24, 2.45) is 0 Å². The molecule has 0 aliphatic carbocycles. The molecule has 0 aliphatic rings. The summed E-state index contributed by atoms with van der Waals surface area (Å²) in [4.78, 5) is 12.6. The highest BCUT2D eigenvalue weighted by atomic mass is 16.1. The van der Waals surface area contributed by atoms with Gasteiger partial charge in [-0.05, 0) is 29.3 Å². The van der Waals surface area contributed by atoms with Gasteiger partial charge in [-0.2, -0.15) is 10.2 Å². The summed E-state index contributed by atoms with van der Waals surface area (Å²) in [6, 6.07) is 21.3. The van der Waals surface area contributed by atoms with E-state index in [4.69, 9.17) is 0 Å². The van der Waals surface area contributed by atoms with Crippen LogP contribution in [0, 0.1) is 0 Å². The van der Waals surface area contributed by atoms with Crippen LogP contribution in [0.1, 0.15) is 21.5 Å². The van der Waals surface area contributed by atoms with E-state index >= 15 is 0 Å². The lowest BCUT2D eigenvalue weighted by Crippen LogP contribution is -2.13. The number of rotatable bonds is 6. The summed E-state index contributed by atoms with van der Waals surface area (Å²) in [6.07, 6.45) is 5.49. The van der Waals surface area contributed by atoms with E-state index in [0.717, 1.165) is 11.1 Å². The van der Waals surface area contributed by atoms with Crippen molar-refractivity contribution in [1.82, 2.24) is 19.6 Å². The number of nitrogens with one attached hydrogen (secondary N) is 1. The molecule has 1 N–H and O–H groups in total. The molecule has 134 valence electrons. The summed E-state index contributed by atoms with van der Waals surface area (Å²) < 4.78 is 3.63. The second kappa shape index (κ2) is 7.70. The first-order valence-electron chi connectivity index (χ1n) is 8.71. The number of carbonyl (C=O) groups excluding carboxylic acids is 1. The van der Waals surface area contributed by atoms with E-state index in [1.54, 1.807) is 23.0 Å². The molecule has 0 radical (unpaired) electrons. The van der Waals surface area contributed by atoms with E-state index in [1.807, 2.05) is 71.7 Å². The quantitative estimate of drug-likeness (QED) is 0.575. The first-order chi connectivity index (χ1) is 13.3. The first-order valence-corrected chi connectivity index (χ1v) is 8.71. The molecule has 6 heteroatoms. The molecule has 0 spiro atoms. The fourth-order valence-corrected chi connectivity index (χ4v) is 2.87. The van der Waals surface area contributed by atoms with Gasteiger partial charge in [-0.25, -0.2) is 0 Å². The lowest BCUT2D eigenvalue weighted by Gasteiger charge is -2.06. The highest BCUT2D eigenvalue weighted by Gasteiger charge is 2.09. The predicted molar refractivity (Wildman–Crippen MR) is 103 cm³/mol. The molecule has 1 amide bonds. The van der Waals surface area contributed by atoms with E-state index in [2.05, 4.69) is 15.5 Å². The molecular weight excluding hydrogens is 338 g/mol. The maximum absolute atomic E-state index is 12.6. The van der Waals surface area contributed by atoms with Crippen LogP contribution in [0.25, 0.3) is 0 Å². The molecule has 0 bridgehead atoms. The lowest BCUT2D eigenvalue weighted by molar-refractivity contribution is 0.102. The third-order valence-corrected chi connectivity index (χ3v) is 4.16. The Morgan fingerprint density at radius 3 is 2.48 bits per heavy atom. The van der Waals surface area contributed by atoms with Gasteiger partial charge in [-0.15, -0.1) is 0 Å². The summed E-state index contributed by atoms with van der Waals surface area (Å²) in [5.41, 5.74) is 2.77. The fourth-order valence-electron chi connectivity index (χ4n) is 2.87. The van der Waals surface area contributed by atoms with Gasteiger partial charge in [0.2, 0.25) is 0 Å². The van der Waals surface area contributed by atoms with Gasteiger partial charge in [0.25, 0.3) is 5.91 Å². The van der Waals surface area contributed by atoms with Crippen molar-refractivity contribution < 1.29 is 4.79 Å². The van der Waals surface area contributed by atoms with Crippen molar-refractivity contribution >= 4 is 11.7 Å². The lowest BCUT2D eigenvalue weighted by atomic mass is 10.1. The molecule has 2 aromatic heterocycles. The van der Waals surface area contributed by atoms with E-state index in [0.29, 0.717) is 24.5 Å². The minimum atomic E-state index is -0.178. The molecule has 4 rings (SSSR count). The monoisotopic (exact) mass is 357 g/mol. The average molecular weight is 357 g/mol. The Hall–Kier alpha value is -3.67.